The second-order valence-electron chi connectivity index (χ2n) is 6.37. The lowest BCUT2D eigenvalue weighted by Crippen LogP contribution is -2.53. The van der Waals surface area contributed by atoms with Crippen molar-refractivity contribution in [2.45, 2.75) is 18.1 Å². The van der Waals surface area contributed by atoms with Gasteiger partial charge in [0.1, 0.15) is 11.6 Å². The molecular formula is C19H19BrF2N2OS. The Bertz CT molecular complexity index is 755. The molecule has 2 aromatic carbocycles. The van der Waals surface area contributed by atoms with Crippen molar-refractivity contribution >= 4 is 33.9 Å². The Balaban J connectivity index is 0.00000196. The molecule has 7 heteroatoms. The van der Waals surface area contributed by atoms with Crippen LogP contribution in [0.2, 0.25) is 0 Å². The molecule has 0 spiro atoms. The zero-order chi connectivity index (χ0) is 17.4. The number of benzene rings is 2. The van der Waals surface area contributed by atoms with E-state index in [9.17, 15) is 13.9 Å². The lowest BCUT2D eigenvalue weighted by molar-refractivity contribution is -0.0573. The first-order valence-corrected chi connectivity index (χ1v) is 9.25. The molecule has 2 aromatic rings. The van der Waals surface area contributed by atoms with Crippen LogP contribution in [0, 0.1) is 11.6 Å². The average Bonchev–Trinajstić information content (AvgIpc) is 2.97. The van der Waals surface area contributed by atoms with Gasteiger partial charge in [-0.25, -0.2) is 8.78 Å². The number of halogens is 3. The number of fused-ring (bicyclic) bond motifs is 1. The fourth-order valence-electron chi connectivity index (χ4n) is 3.59. The van der Waals surface area contributed by atoms with Crippen molar-refractivity contribution in [3.63, 3.8) is 0 Å². The quantitative estimate of drug-likeness (QED) is 0.777. The largest absolute Gasteiger partial charge is 0.369 e. The van der Waals surface area contributed by atoms with E-state index in [0.717, 1.165) is 35.8 Å². The third-order valence-electron chi connectivity index (χ3n) is 4.77. The maximum absolute atomic E-state index is 13.4. The van der Waals surface area contributed by atoms with Gasteiger partial charge in [-0.2, -0.15) is 0 Å². The molecule has 0 bridgehead atoms. The first kappa shape index (κ1) is 19.3. The predicted octanol–water partition coefficient (Wildman–Crippen LogP) is 4.17. The van der Waals surface area contributed by atoms with Gasteiger partial charge in [0.05, 0.1) is 5.92 Å². The minimum absolute atomic E-state index is 0. The molecule has 2 aliphatic heterocycles. The number of hydrogen-bond acceptors (Lipinski definition) is 4. The second-order valence-corrected chi connectivity index (χ2v) is 7.32. The highest BCUT2D eigenvalue weighted by Crippen LogP contribution is 2.45. The van der Waals surface area contributed by atoms with Crippen LogP contribution in [0.25, 0.3) is 0 Å². The van der Waals surface area contributed by atoms with Crippen LogP contribution in [0.1, 0.15) is 23.5 Å². The molecule has 2 aliphatic rings. The molecule has 138 valence electrons. The molecule has 1 saturated heterocycles. The number of rotatable bonds is 3. The van der Waals surface area contributed by atoms with Crippen LogP contribution in [0.5, 0.6) is 0 Å². The van der Waals surface area contributed by atoms with Crippen molar-refractivity contribution in [2.75, 3.05) is 18.8 Å². The van der Waals surface area contributed by atoms with Crippen LogP contribution in [0.4, 0.5) is 8.78 Å². The predicted molar refractivity (Wildman–Crippen MR) is 106 cm³/mol. The molecule has 0 aromatic heterocycles. The van der Waals surface area contributed by atoms with E-state index in [1.165, 1.54) is 36.0 Å². The maximum atomic E-state index is 13.4. The molecule has 1 N–H and O–H groups in total. The number of thioether (sulfide) groups is 1. The Morgan fingerprint density at radius 2 is 1.54 bits per heavy atom. The summed E-state index contributed by atoms with van der Waals surface area (Å²) in [6, 6.07) is 12.3. The lowest BCUT2D eigenvalue weighted by atomic mass is 9.82. The van der Waals surface area contributed by atoms with E-state index in [2.05, 4.69) is 4.99 Å². The average molecular weight is 441 g/mol. The zero-order valence-electron chi connectivity index (χ0n) is 13.9. The Morgan fingerprint density at radius 3 is 2.08 bits per heavy atom. The van der Waals surface area contributed by atoms with E-state index in [1.54, 1.807) is 24.3 Å². The summed E-state index contributed by atoms with van der Waals surface area (Å²) in [5.74, 6) is -0.609. The van der Waals surface area contributed by atoms with Gasteiger partial charge in [0, 0.05) is 18.8 Å². The number of aliphatic imine (C=N–C) groups is 1. The highest BCUT2D eigenvalue weighted by molar-refractivity contribution is 8.93. The van der Waals surface area contributed by atoms with E-state index >= 15 is 0 Å². The molecular weight excluding hydrogens is 422 g/mol. The monoisotopic (exact) mass is 440 g/mol. The van der Waals surface area contributed by atoms with Gasteiger partial charge in [-0.05, 0) is 41.8 Å². The summed E-state index contributed by atoms with van der Waals surface area (Å²) < 4.78 is 26.8. The fraction of sp³-hybridized carbons (Fsp3) is 0.316. The van der Waals surface area contributed by atoms with Crippen LogP contribution in [0.3, 0.4) is 0 Å². The summed E-state index contributed by atoms with van der Waals surface area (Å²) in [7, 11) is 0. The molecule has 2 heterocycles. The molecule has 0 aliphatic carbocycles. The molecule has 0 amide bonds. The highest BCUT2D eigenvalue weighted by atomic mass is 79.9. The minimum atomic E-state index is -1.18. The standard InChI is InChI=1S/C19H18F2N2OS.BrH/c20-15-6-2-13(3-7-15)17(14-4-8-16(21)9-5-14)19(24)12-25-18-22-10-1-11-23(18)19;/h2-9,17,24H,1,10-12H2;1H. The van der Waals surface area contributed by atoms with Crippen molar-refractivity contribution in [2.24, 2.45) is 4.99 Å². The third-order valence-corrected chi connectivity index (χ3v) is 5.94. The van der Waals surface area contributed by atoms with Gasteiger partial charge in [-0.1, -0.05) is 36.0 Å². The van der Waals surface area contributed by atoms with Crippen molar-refractivity contribution in [3.05, 3.63) is 71.3 Å². The SMILES string of the molecule is Br.OC1(C(c2ccc(F)cc2)c2ccc(F)cc2)CSC2=NCCCN21. The van der Waals surface area contributed by atoms with Crippen molar-refractivity contribution in [1.82, 2.24) is 4.90 Å². The normalized spacial score (nSPS) is 22.0. The van der Waals surface area contributed by atoms with Gasteiger partial charge >= 0.3 is 0 Å². The minimum Gasteiger partial charge on any atom is -0.369 e. The summed E-state index contributed by atoms with van der Waals surface area (Å²) in [4.78, 5) is 6.45. The Hall–Kier alpha value is -1.44. The van der Waals surface area contributed by atoms with Crippen LogP contribution in [0.15, 0.2) is 53.5 Å². The maximum Gasteiger partial charge on any atom is 0.161 e. The topological polar surface area (TPSA) is 35.8 Å². The molecule has 1 unspecified atom stereocenters. The van der Waals surface area contributed by atoms with Gasteiger partial charge in [-0.15, -0.1) is 17.0 Å². The van der Waals surface area contributed by atoms with Gasteiger partial charge in [-0.3, -0.25) is 4.99 Å². The first-order chi connectivity index (χ1) is 12.1. The number of nitrogens with zero attached hydrogens (tertiary/aromatic N) is 2. The zero-order valence-corrected chi connectivity index (χ0v) is 16.5. The number of amidine groups is 1. The van der Waals surface area contributed by atoms with Crippen LogP contribution >= 0.6 is 28.7 Å². The number of hydrogen-bond donors (Lipinski definition) is 1. The van der Waals surface area contributed by atoms with E-state index < -0.39 is 11.6 Å². The fourth-order valence-corrected chi connectivity index (χ4v) is 4.84. The highest BCUT2D eigenvalue weighted by Gasteiger charge is 2.50. The van der Waals surface area contributed by atoms with Crippen LogP contribution < -0.4 is 0 Å². The smallest absolute Gasteiger partial charge is 0.161 e. The van der Waals surface area contributed by atoms with E-state index in [-0.39, 0.29) is 28.6 Å². The van der Waals surface area contributed by atoms with E-state index in [4.69, 9.17) is 0 Å². The molecule has 4 rings (SSSR count). The Kier molecular flexibility index (Phi) is 5.69. The summed E-state index contributed by atoms with van der Waals surface area (Å²) in [5, 5.41) is 12.5. The summed E-state index contributed by atoms with van der Waals surface area (Å²) in [6.45, 7) is 1.49. The van der Waals surface area contributed by atoms with Crippen molar-refractivity contribution in [1.29, 1.82) is 0 Å². The van der Waals surface area contributed by atoms with Crippen LogP contribution in [-0.4, -0.2) is 39.7 Å². The second kappa shape index (κ2) is 7.66. The number of aliphatic hydroxyl groups is 1. The van der Waals surface area contributed by atoms with Gasteiger partial charge in [0.25, 0.3) is 0 Å². The third kappa shape index (κ3) is 3.40. The lowest BCUT2D eigenvalue weighted by Gasteiger charge is -2.42. The molecule has 26 heavy (non-hydrogen) atoms. The van der Waals surface area contributed by atoms with Crippen molar-refractivity contribution in [3.8, 4) is 0 Å². The van der Waals surface area contributed by atoms with Gasteiger partial charge in [0.2, 0.25) is 0 Å². The molecule has 3 nitrogen and oxygen atoms in total. The summed E-state index contributed by atoms with van der Waals surface area (Å²) in [6.07, 6.45) is 0.881. The molecule has 0 radical (unpaired) electrons. The molecule has 1 fully saturated rings. The van der Waals surface area contributed by atoms with E-state index in [1.807, 2.05) is 4.90 Å². The molecule has 1 atom stereocenters. The Morgan fingerprint density at radius 1 is 1.00 bits per heavy atom. The summed E-state index contributed by atoms with van der Waals surface area (Å²) >= 11 is 1.53. The van der Waals surface area contributed by atoms with Gasteiger partial charge < -0.3 is 10.0 Å². The Labute approximate surface area is 165 Å². The van der Waals surface area contributed by atoms with Crippen molar-refractivity contribution < 1.29 is 13.9 Å². The summed E-state index contributed by atoms with van der Waals surface area (Å²) in [5.41, 5.74) is 0.408. The van der Waals surface area contributed by atoms with E-state index in [0.29, 0.717) is 5.75 Å². The van der Waals surface area contributed by atoms with Gasteiger partial charge in [0.15, 0.2) is 10.9 Å². The first-order valence-electron chi connectivity index (χ1n) is 8.26. The molecule has 0 saturated carbocycles. The van der Waals surface area contributed by atoms with Crippen LogP contribution in [-0.2, 0) is 0 Å².